The number of hydrogen-bond donors (Lipinski definition) is 1. The highest BCUT2D eigenvalue weighted by atomic mass is 32.1. The van der Waals surface area contributed by atoms with Crippen molar-refractivity contribution in [3.63, 3.8) is 0 Å². The van der Waals surface area contributed by atoms with E-state index in [9.17, 15) is 9.18 Å². The summed E-state index contributed by atoms with van der Waals surface area (Å²) >= 11 is 1.50. The van der Waals surface area contributed by atoms with E-state index in [-0.39, 0.29) is 12.4 Å². The highest BCUT2D eigenvalue weighted by molar-refractivity contribution is 7.20. The van der Waals surface area contributed by atoms with Crippen LogP contribution in [0.15, 0.2) is 42.5 Å². The molecule has 0 saturated carbocycles. The summed E-state index contributed by atoms with van der Waals surface area (Å²) in [6, 6.07) is 11.9. The molecule has 6 nitrogen and oxygen atoms in total. The molecule has 0 radical (unpaired) electrons. The number of benzene rings is 2. The van der Waals surface area contributed by atoms with E-state index >= 15 is 0 Å². The highest BCUT2D eigenvalue weighted by Gasteiger charge is 2.16. The van der Waals surface area contributed by atoms with E-state index in [0.29, 0.717) is 10.9 Å². The zero-order valence-corrected chi connectivity index (χ0v) is 17.0. The minimum Gasteiger partial charge on any atom is -0.481 e. The van der Waals surface area contributed by atoms with Crippen molar-refractivity contribution in [1.82, 2.24) is 14.8 Å². The number of para-hydroxylation sites is 1. The normalized spacial score (nSPS) is 11.0. The number of anilines is 1. The van der Waals surface area contributed by atoms with Crippen LogP contribution >= 0.6 is 11.3 Å². The first-order valence-electron chi connectivity index (χ1n) is 9.03. The Morgan fingerprint density at radius 1 is 1.17 bits per heavy atom. The first kappa shape index (κ1) is 19.1. The second-order valence-corrected chi connectivity index (χ2v) is 7.76. The Labute approximate surface area is 171 Å². The Hall–Kier alpha value is -3.26. The molecule has 2 aromatic carbocycles. The Bertz CT molecular complexity index is 1180. The van der Waals surface area contributed by atoms with Crippen molar-refractivity contribution < 1.29 is 13.9 Å². The lowest BCUT2D eigenvalue weighted by Crippen LogP contribution is -2.22. The number of aromatic nitrogens is 3. The lowest BCUT2D eigenvalue weighted by Gasteiger charge is -2.08. The van der Waals surface area contributed by atoms with Gasteiger partial charge in [0.25, 0.3) is 5.91 Å². The van der Waals surface area contributed by atoms with Gasteiger partial charge < -0.3 is 10.1 Å². The van der Waals surface area contributed by atoms with Gasteiger partial charge in [0, 0.05) is 6.07 Å². The summed E-state index contributed by atoms with van der Waals surface area (Å²) in [5.74, 6) is -0.412. The molecule has 0 bridgehead atoms. The molecule has 4 rings (SSSR count). The van der Waals surface area contributed by atoms with Gasteiger partial charge in [-0.1, -0.05) is 23.5 Å². The Morgan fingerprint density at radius 2 is 1.93 bits per heavy atom. The van der Waals surface area contributed by atoms with Gasteiger partial charge in [0.1, 0.15) is 5.82 Å². The van der Waals surface area contributed by atoms with E-state index in [0.717, 1.165) is 15.9 Å². The number of nitrogens with one attached hydrogen (secondary N) is 1. The number of fused-ring (bicyclic) bond motifs is 1. The first-order valence-corrected chi connectivity index (χ1v) is 9.84. The lowest BCUT2D eigenvalue weighted by molar-refractivity contribution is -0.118. The largest absolute Gasteiger partial charge is 0.481 e. The van der Waals surface area contributed by atoms with Crippen molar-refractivity contribution in [3.8, 4) is 10.9 Å². The number of hydrogen-bond acceptors (Lipinski definition) is 5. The van der Waals surface area contributed by atoms with Crippen molar-refractivity contribution in [2.75, 3.05) is 11.9 Å². The smallest absolute Gasteiger partial charge is 0.263 e. The fourth-order valence-corrected chi connectivity index (χ4v) is 3.89. The van der Waals surface area contributed by atoms with E-state index in [1.54, 1.807) is 22.9 Å². The number of carbonyl (C=O) groups excluding carboxylic acids is 1. The summed E-state index contributed by atoms with van der Waals surface area (Å²) in [7, 11) is 0. The van der Waals surface area contributed by atoms with Crippen molar-refractivity contribution in [2.24, 2.45) is 0 Å². The third kappa shape index (κ3) is 3.97. The number of amides is 1. The molecule has 0 aliphatic rings. The molecule has 2 heterocycles. The quantitative estimate of drug-likeness (QED) is 0.524. The molecule has 0 unspecified atom stereocenters. The highest BCUT2D eigenvalue weighted by Crippen LogP contribution is 2.29. The molecule has 2 aromatic heterocycles. The Balaban J connectivity index is 1.55. The number of aryl methyl sites for hydroxylation is 3. The van der Waals surface area contributed by atoms with Gasteiger partial charge in [0.05, 0.1) is 15.9 Å². The average Bonchev–Trinajstić information content (AvgIpc) is 3.24. The van der Waals surface area contributed by atoms with Gasteiger partial charge in [0.2, 0.25) is 5.13 Å². The second kappa shape index (κ2) is 7.63. The van der Waals surface area contributed by atoms with Gasteiger partial charge in [-0.3, -0.25) is 4.79 Å². The maximum atomic E-state index is 13.6. The zero-order chi connectivity index (χ0) is 20.5. The van der Waals surface area contributed by atoms with E-state index in [1.165, 1.54) is 34.6 Å². The van der Waals surface area contributed by atoms with Gasteiger partial charge in [-0.15, -0.1) is 0 Å². The monoisotopic (exact) mass is 410 g/mol. The maximum absolute atomic E-state index is 13.6. The Kier molecular flexibility index (Phi) is 5.02. The second-order valence-electron chi connectivity index (χ2n) is 6.75. The number of nitrogens with zero attached hydrogens (tertiary/aromatic N) is 3. The minimum absolute atomic E-state index is 0.0317. The van der Waals surface area contributed by atoms with Crippen LogP contribution in [-0.4, -0.2) is 27.3 Å². The standard InChI is InChI=1S/C21H19FN4O2S/c1-12-8-16-18(9-13(12)2)29-21(23-16)26-19(10-14(3)25-26)24-20(27)11-28-17-7-5-4-6-15(17)22/h4-10H,11H2,1-3H3,(H,24,27). The predicted octanol–water partition coefficient (Wildman–Crippen LogP) is 4.56. The van der Waals surface area contributed by atoms with E-state index in [1.807, 2.05) is 19.9 Å². The van der Waals surface area contributed by atoms with Crippen LogP contribution in [-0.2, 0) is 4.79 Å². The van der Waals surface area contributed by atoms with Crippen LogP contribution in [0.5, 0.6) is 5.75 Å². The number of halogens is 1. The zero-order valence-electron chi connectivity index (χ0n) is 16.2. The van der Waals surface area contributed by atoms with Gasteiger partial charge in [-0.25, -0.2) is 9.37 Å². The molecule has 148 valence electrons. The van der Waals surface area contributed by atoms with Gasteiger partial charge in [0.15, 0.2) is 18.2 Å². The molecular weight excluding hydrogens is 391 g/mol. The van der Waals surface area contributed by atoms with Crippen molar-refractivity contribution in [3.05, 3.63) is 65.1 Å². The first-order chi connectivity index (χ1) is 13.9. The molecule has 29 heavy (non-hydrogen) atoms. The summed E-state index contributed by atoms with van der Waals surface area (Å²) < 4.78 is 21.6. The molecule has 4 aromatic rings. The number of thiazole rings is 1. The number of rotatable bonds is 5. The molecule has 0 aliphatic heterocycles. The number of carbonyl (C=O) groups is 1. The molecule has 0 spiro atoms. The van der Waals surface area contributed by atoms with E-state index in [2.05, 4.69) is 28.4 Å². The van der Waals surface area contributed by atoms with Crippen molar-refractivity contribution in [2.45, 2.75) is 20.8 Å². The molecule has 8 heteroatoms. The molecule has 0 saturated heterocycles. The SMILES string of the molecule is Cc1cc(NC(=O)COc2ccccc2F)n(-c2nc3cc(C)c(C)cc3s2)n1. The topological polar surface area (TPSA) is 69.0 Å². The summed E-state index contributed by atoms with van der Waals surface area (Å²) in [6.07, 6.45) is 0. The average molecular weight is 410 g/mol. The number of ether oxygens (including phenoxy) is 1. The Morgan fingerprint density at radius 3 is 2.72 bits per heavy atom. The molecule has 0 atom stereocenters. The molecule has 0 fully saturated rings. The van der Waals surface area contributed by atoms with Crippen LogP contribution in [0.2, 0.25) is 0 Å². The fourth-order valence-electron chi connectivity index (χ4n) is 2.88. The molecule has 1 amide bonds. The van der Waals surface area contributed by atoms with Gasteiger partial charge in [-0.2, -0.15) is 9.78 Å². The minimum atomic E-state index is -0.513. The molecule has 0 aliphatic carbocycles. The van der Waals surface area contributed by atoms with Crippen LogP contribution in [0.1, 0.15) is 16.8 Å². The molecule has 1 N–H and O–H groups in total. The molecular formula is C21H19FN4O2S. The van der Waals surface area contributed by atoms with E-state index < -0.39 is 11.7 Å². The van der Waals surface area contributed by atoms with Crippen LogP contribution < -0.4 is 10.1 Å². The van der Waals surface area contributed by atoms with Crippen LogP contribution in [0.25, 0.3) is 15.3 Å². The van der Waals surface area contributed by atoms with Crippen LogP contribution in [0, 0.1) is 26.6 Å². The van der Waals surface area contributed by atoms with Crippen LogP contribution in [0.3, 0.4) is 0 Å². The van der Waals surface area contributed by atoms with Crippen molar-refractivity contribution >= 4 is 33.3 Å². The third-order valence-corrected chi connectivity index (χ3v) is 5.46. The lowest BCUT2D eigenvalue weighted by atomic mass is 10.1. The van der Waals surface area contributed by atoms with Crippen LogP contribution in [0.4, 0.5) is 10.2 Å². The van der Waals surface area contributed by atoms with E-state index in [4.69, 9.17) is 4.74 Å². The summed E-state index contributed by atoms with van der Waals surface area (Å²) in [4.78, 5) is 17.0. The summed E-state index contributed by atoms with van der Waals surface area (Å²) in [5.41, 5.74) is 4.00. The predicted molar refractivity (Wildman–Crippen MR) is 111 cm³/mol. The summed E-state index contributed by atoms with van der Waals surface area (Å²) in [5, 5.41) is 7.88. The third-order valence-electron chi connectivity index (χ3n) is 4.47. The van der Waals surface area contributed by atoms with Gasteiger partial charge >= 0.3 is 0 Å². The fraction of sp³-hybridized carbons (Fsp3) is 0.190. The summed E-state index contributed by atoms with van der Waals surface area (Å²) in [6.45, 7) is 5.63. The van der Waals surface area contributed by atoms with Crippen molar-refractivity contribution in [1.29, 1.82) is 0 Å². The maximum Gasteiger partial charge on any atom is 0.263 e. The van der Waals surface area contributed by atoms with Gasteiger partial charge in [-0.05, 0) is 56.2 Å².